The maximum absolute atomic E-state index is 12.9. The highest BCUT2D eigenvalue weighted by molar-refractivity contribution is 7.12. The van der Waals surface area contributed by atoms with Crippen LogP contribution < -0.4 is 5.32 Å². The third kappa shape index (κ3) is 3.57. The first-order valence-corrected chi connectivity index (χ1v) is 9.76. The van der Waals surface area contributed by atoms with E-state index in [1.165, 1.54) is 16.0 Å². The van der Waals surface area contributed by atoms with Crippen molar-refractivity contribution in [2.24, 2.45) is 0 Å². The Hall–Kier alpha value is -2.74. The highest BCUT2D eigenvalue weighted by Gasteiger charge is 2.28. The number of anilines is 1. The summed E-state index contributed by atoms with van der Waals surface area (Å²) in [5.74, 6) is 0.250. The Morgan fingerprint density at radius 1 is 1.30 bits per heavy atom. The number of H-pyrrole nitrogens is 1. The van der Waals surface area contributed by atoms with Crippen LogP contribution in [0.5, 0.6) is 0 Å². The fourth-order valence-corrected chi connectivity index (χ4v) is 3.40. The number of carbonyl (C=O) groups is 2. The molecule has 3 aromatic heterocycles. The van der Waals surface area contributed by atoms with Crippen molar-refractivity contribution >= 4 is 29.0 Å². The lowest BCUT2D eigenvalue weighted by molar-refractivity contribution is 0.0918. The maximum atomic E-state index is 12.9. The standard InChI is InChI=1S/C19H21N5O2S/c1-19(2,3)15-10-13(24(23-15)18(26)14-5-4-8-27-14)17(25)20-16-9-12(21-22-16)11-6-7-11/h4-5,8-11H,6-7H2,1-3H3,(H2,20,21,22,25). The molecule has 3 heterocycles. The second-order valence-electron chi connectivity index (χ2n) is 7.80. The lowest BCUT2D eigenvalue weighted by atomic mass is 9.92. The van der Waals surface area contributed by atoms with Crippen molar-refractivity contribution in [2.45, 2.75) is 44.9 Å². The van der Waals surface area contributed by atoms with Gasteiger partial charge in [-0.15, -0.1) is 11.3 Å². The normalized spacial score (nSPS) is 14.3. The van der Waals surface area contributed by atoms with Crippen LogP contribution in [0.1, 0.15) is 71.1 Å². The van der Waals surface area contributed by atoms with Gasteiger partial charge >= 0.3 is 0 Å². The van der Waals surface area contributed by atoms with Crippen LogP contribution >= 0.6 is 11.3 Å². The minimum Gasteiger partial charge on any atom is -0.304 e. The summed E-state index contributed by atoms with van der Waals surface area (Å²) in [5.41, 5.74) is 1.62. The first kappa shape index (κ1) is 17.7. The van der Waals surface area contributed by atoms with Gasteiger partial charge in [0, 0.05) is 23.1 Å². The molecule has 0 aromatic carbocycles. The smallest absolute Gasteiger partial charge is 0.288 e. The van der Waals surface area contributed by atoms with Gasteiger partial charge in [0.25, 0.3) is 11.8 Å². The van der Waals surface area contributed by atoms with E-state index in [2.05, 4.69) is 20.6 Å². The Kier molecular flexibility index (Phi) is 4.22. The molecule has 1 amide bonds. The predicted octanol–water partition coefficient (Wildman–Crippen LogP) is 3.78. The van der Waals surface area contributed by atoms with E-state index in [0.29, 0.717) is 22.3 Å². The number of hydrogen-bond acceptors (Lipinski definition) is 5. The lowest BCUT2D eigenvalue weighted by Crippen LogP contribution is -2.23. The van der Waals surface area contributed by atoms with Gasteiger partial charge in [-0.2, -0.15) is 14.9 Å². The van der Waals surface area contributed by atoms with E-state index in [1.54, 1.807) is 18.2 Å². The molecule has 2 N–H and O–H groups in total. The van der Waals surface area contributed by atoms with Crippen molar-refractivity contribution < 1.29 is 9.59 Å². The Balaban J connectivity index is 1.65. The summed E-state index contributed by atoms with van der Waals surface area (Å²) in [7, 11) is 0. The summed E-state index contributed by atoms with van der Waals surface area (Å²) in [6.07, 6.45) is 2.29. The molecule has 1 saturated carbocycles. The second kappa shape index (κ2) is 6.45. The average Bonchev–Trinajstić information content (AvgIpc) is 3.07. The summed E-state index contributed by atoms with van der Waals surface area (Å²) in [6.45, 7) is 5.98. The van der Waals surface area contributed by atoms with E-state index in [0.717, 1.165) is 18.5 Å². The summed E-state index contributed by atoms with van der Waals surface area (Å²) < 4.78 is 1.19. The molecular weight excluding hydrogens is 362 g/mol. The summed E-state index contributed by atoms with van der Waals surface area (Å²) >= 11 is 1.32. The summed E-state index contributed by atoms with van der Waals surface area (Å²) in [4.78, 5) is 26.2. The van der Waals surface area contributed by atoms with E-state index in [1.807, 2.05) is 32.2 Å². The molecule has 0 radical (unpaired) electrons. The van der Waals surface area contributed by atoms with Crippen LogP contribution in [0.2, 0.25) is 0 Å². The molecule has 0 bridgehead atoms. The highest BCUT2D eigenvalue weighted by Crippen LogP contribution is 2.39. The van der Waals surface area contributed by atoms with Crippen LogP contribution in [0.15, 0.2) is 29.6 Å². The van der Waals surface area contributed by atoms with Crippen molar-refractivity contribution in [2.75, 3.05) is 5.32 Å². The summed E-state index contributed by atoms with van der Waals surface area (Å²) in [5, 5.41) is 16.1. The van der Waals surface area contributed by atoms with Gasteiger partial charge in [0.15, 0.2) is 5.82 Å². The van der Waals surface area contributed by atoms with Gasteiger partial charge in [0.1, 0.15) is 5.69 Å². The number of nitrogens with one attached hydrogen (secondary N) is 2. The number of aromatic amines is 1. The molecule has 7 nitrogen and oxygen atoms in total. The van der Waals surface area contributed by atoms with Gasteiger partial charge in [-0.25, -0.2) is 0 Å². The molecule has 0 unspecified atom stereocenters. The van der Waals surface area contributed by atoms with Gasteiger partial charge in [0.05, 0.1) is 10.6 Å². The number of nitrogens with zero attached hydrogens (tertiary/aromatic N) is 3. The summed E-state index contributed by atoms with van der Waals surface area (Å²) in [6, 6.07) is 7.05. The number of amides is 1. The van der Waals surface area contributed by atoms with Gasteiger partial charge in [-0.1, -0.05) is 26.8 Å². The quantitative estimate of drug-likeness (QED) is 0.717. The molecule has 1 aliphatic rings. The van der Waals surface area contributed by atoms with Crippen LogP contribution in [0.25, 0.3) is 0 Å². The first-order chi connectivity index (χ1) is 12.8. The Labute approximate surface area is 160 Å². The fourth-order valence-electron chi connectivity index (χ4n) is 2.75. The van der Waals surface area contributed by atoms with Crippen molar-refractivity contribution in [3.05, 3.63) is 51.6 Å². The Bertz CT molecular complexity index is 990. The van der Waals surface area contributed by atoms with Crippen LogP contribution in [0, 0.1) is 0 Å². The molecule has 0 saturated heterocycles. The van der Waals surface area contributed by atoms with Crippen molar-refractivity contribution in [1.82, 2.24) is 20.0 Å². The van der Waals surface area contributed by atoms with Crippen LogP contribution in [-0.2, 0) is 5.41 Å². The largest absolute Gasteiger partial charge is 0.304 e. The minimum atomic E-state index is -0.406. The zero-order valence-electron chi connectivity index (χ0n) is 15.4. The molecule has 1 aliphatic carbocycles. The fraction of sp³-hybridized carbons (Fsp3) is 0.368. The van der Waals surface area contributed by atoms with Crippen LogP contribution in [0.3, 0.4) is 0 Å². The molecular formula is C19H21N5O2S. The highest BCUT2D eigenvalue weighted by atomic mass is 32.1. The predicted molar refractivity (Wildman–Crippen MR) is 103 cm³/mol. The second-order valence-corrected chi connectivity index (χ2v) is 8.74. The van der Waals surface area contributed by atoms with Gasteiger partial charge in [0.2, 0.25) is 0 Å². The third-order valence-electron chi connectivity index (χ3n) is 4.49. The number of carbonyl (C=O) groups excluding carboxylic acids is 2. The molecule has 8 heteroatoms. The molecule has 140 valence electrons. The van der Waals surface area contributed by atoms with E-state index in [-0.39, 0.29) is 17.0 Å². The molecule has 0 spiro atoms. The van der Waals surface area contributed by atoms with Gasteiger partial charge in [-0.05, 0) is 30.4 Å². The van der Waals surface area contributed by atoms with E-state index < -0.39 is 5.91 Å². The molecule has 0 atom stereocenters. The van der Waals surface area contributed by atoms with E-state index >= 15 is 0 Å². The SMILES string of the molecule is CC(C)(C)c1cc(C(=O)Nc2cc(C3CC3)[nH]n2)n(C(=O)c2cccs2)n1. The topological polar surface area (TPSA) is 92.7 Å². The molecule has 1 fully saturated rings. The third-order valence-corrected chi connectivity index (χ3v) is 5.35. The van der Waals surface area contributed by atoms with E-state index in [4.69, 9.17) is 0 Å². The maximum Gasteiger partial charge on any atom is 0.288 e. The van der Waals surface area contributed by atoms with E-state index in [9.17, 15) is 9.59 Å². The van der Waals surface area contributed by atoms with Crippen molar-refractivity contribution in [3.63, 3.8) is 0 Å². The number of thiophene rings is 1. The molecule has 4 rings (SSSR count). The van der Waals surface area contributed by atoms with Crippen molar-refractivity contribution in [1.29, 1.82) is 0 Å². The molecule has 0 aliphatic heterocycles. The number of aromatic nitrogens is 4. The zero-order chi connectivity index (χ0) is 19.2. The Morgan fingerprint density at radius 3 is 2.70 bits per heavy atom. The number of hydrogen-bond donors (Lipinski definition) is 2. The zero-order valence-corrected chi connectivity index (χ0v) is 16.3. The van der Waals surface area contributed by atoms with Gasteiger partial charge in [-0.3, -0.25) is 14.7 Å². The Morgan fingerprint density at radius 2 is 2.07 bits per heavy atom. The van der Waals surface area contributed by atoms with Crippen LogP contribution in [0.4, 0.5) is 5.82 Å². The minimum absolute atomic E-state index is 0.203. The molecule has 27 heavy (non-hydrogen) atoms. The number of rotatable bonds is 4. The molecule has 3 aromatic rings. The average molecular weight is 383 g/mol. The van der Waals surface area contributed by atoms with Crippen LogP contribution in [-0.4, -0.2) is 31.8 Å². The lowest BCUT2D eigenvalue weighted by Gasteiger charge is -2.13. The monoisotopic (exact) mass is 383 g/mol. The first-order valence-electron chi connectivity index (χ1n) is 8.88. The van der Waals surface area contributed by atoms with Crippen molar-refractivity contribution in [3.8, 4) is 0 Å². The van der Waals surface area contributed by atoms with Gasteiger partial charge < -0.3 is 5.32 Å².